The zero-order valence-corrected chi connectivity index (χ0v) is 13.2. The standard InChI is InChI=1S/C16H13N3O4S/c20-16(18-19-24(21,22)12-6-2-1-3-7-12)23-15-10-11-17-14-9-5-4-8-13(14)15/h1-11,19H,(H,18,20). The number of hydrogen-bond acceptors (Lipinski definition) is 5. The summed E-state index contributed by atoms with van der Waals surface area (Å²) >= 11 is 0. The van der Waals surface area contributed by atoms with Gasteiger partial charge in [-0.25, -0.2) is 18.6 Å². The van der Waals surface area contributed by atoms with Crippen LogP contribution in [0.3, 0.4) is 0 Å². The predicted octanol–water partition coefficient (Wildman–Crippen LogP) is 2.22. The molecule has 1 heterocycles. The molecular weight excluding hydrogens is 330 g/mol. The van der Waals surface area contributed by atoms with E-state index in [1.54, 1.807) is 36.4 Å². The van der Waals surface area contributed by atoms with Crippen LogP contribution in [0.25, 0.3) is 10.9 Å². The number of rotatable bonds is 4. The van der Waals surface area contributed by atoms with Crippen LogP contribution in [0.2, 0.25) is 0 Å². The summed E-state index contributed by atoms with van der Waals surface area (Å²) in [5.74, 6) is 0.275. The summed E-state index contributed by atoms with van der Waals surface area (Å²) in [6.45, 7) is 0. The summed E-state index contributed by atoms with van der Waals surface area (Å²) in [5, 5.41) is 0.640. The smallest absolute Gasteiger partial charge is 0.409 e. The first-order valence-corrected chi connectivity index (χ1v) is 8.43. The van der Waals surface area contributed by atoms with Crippen LogP contribution in [-0.4, -0.2) is 19.5 Å². The van der Waals surface area contributed by atoms with Crippen LogP contribution < -0.4 is 15.0 Å². The summed E-state index contributed by atoms with van der Waals surface area (Å²) in [6.07, 6.45) is 0.546. The monoisotopic (exact) mass is 343 g/mol. The van der Waals surface area contributed by atoms with Gasteiger partial charge in [-0.15, -0.1) is 4.83 Å². The number of fused-ring (bicyclic) bond motifs is 1. The van der Waals surface area contributed by atoms with E-state index in [1.807, 2.05) is 16.3 Å². The van der Waals surface area contributed by atoms with Crippen molar-refractivity contribution in [3.05, 3.63) is 66.9 Å². The van der Waals surface area contributed by atoms with Crippen LogP contribution in [0.15, 0.2) is 71.8 Å². The van der Waals surface area contributed by atoms with Gasteiger partial charge in [0.15, 0.2) is 0 Å². The number of nitrogens with one attached hydrogen (secondary N) is 2. The average Bonchev–Trinajstić information content (AvgIpc) is 2.61. The van der Waals surface area contributed by atoms with Crippen molar-refractivity contribution in [2.24, 2.45) is 0 Å². The highest BCUT2D eigenvalue weighted by Crippen LogP contribution is 2.23. The number of sulfonamides is 1. The van der Waals surface area contributed by atoms with Gasteiger partial charge < -0.3 is 4.74 Å². The zero-order chi connectivity index (χ0) is 17.0. The van der Waals surface area contributed by atoms with Crippen LogP contribution >= 0.6 is 0 Å². The number of ether oxygens (including phenoxy) is 1. The van der Waals surface area contributed by atoms with Crippen molar-refractivity contribution >= 4 is 27.0 Å². The molecule has 122 valence electrons. The molecule has 2 aromatic carbocycles. The maximum atomic E-state index is 12.0. The van der Waals surface area contributed by atoms with E-state index >= 15 is 0 Å². The molecule has 1 amide bonds. The topological polar surface area (TPSA) is 97.4 Å². The Bertz CT molecular complexity index is 970. The summed E-state index contributed by atoms with van der Waals surface area (Å²) in [4.78, 5) is 18.0. The number of nitrogens with zero attached hydrogens (tertiary/aromatic N) is 1. The Hall–Kier alpha value is -2.97. The van der Waals surface area contributed by atoms with E-state index in [-0.39, 0.29) is 10.6 Å². The number of hydrogen-bond donors (Lipinski definition) is 2. The van der Waals surface area contributed by atoms with E-state index in [2.05, 4.69) is 4.98 Å². The molecule has 2 N–H and O–H groups in total. The van der Waals surface area contributed by atoms with Crippen molar-refractivity contribution in [3.8, 4) is 5.75 Å². The Labute approximate surface area is 138 Å². The fraction of sp³-hybridized carbons (Fsp3) is 0. The number of hydrazine groups is 1. The van der Waals surface area contributed by atoms with Crippen molar-refractivity contribution in [1.82, 2.24) is 15.2 Å². The third-order valence-corrected chi connectivity index (χ3v) is 4.42. The van der Waals surface area contributed by atoms with Crippen LogP contribution in [-0.2, 0) is 10.0 Å². The lowest BCUT2D eigenvalue weighted by Crippen LogP contribution is -2.43. The lowest BCUT2D eigenvalue weighted by molar-refractivity contribution is 0.199. The molecule has 0 bridgehead atoms. The molecule has 0 unspecified atom stereocenters. The fourth-order valence-corrected chi connectivity index (χ4v) is 2.90. The molecule has 0 aliphatic rings. The van der Waals surface area contributed by atoms with E-state index in [9.17, 15) is 13.2 Å². The quantitative estimate of drug-likeness (QED) is 0.708. The second-order valence-electron chi connectivity index (χ2n) is 4.76. The maximum absolute atomic E-state index is 12.0. The summed E-state index contributed by atoms with van der Waals surface area (Å²) < 4.78 is 29.2. The summed E-state index contributed by atoms with van der Waals surface area (Å²) in [7, 11) is -3.86. The minimum Gasteiger partial charge on any atom is -0.409 e. The molecule has 1 aromatic heterocycles. The summed E-state index contributed by atoms with van der Waals surface area (Å²) in [6, 6.07) is 16.3. The van der Waals surface area contributed by atoms with Crippen LogP contribution in [0.4, 0.5) is 4.79 Å². The third kappa shape index (κ3) is 3.50. The van der Waals surface area contributed by atoms with E-state index in [4.69, 9.17) is 4.74 Å². The van der Waals surface area contributed by atoms with Crippen LogP contribution in [0, 0.1) is 0 Å². The molecule has 3 aromatic rings. The molecular formula is C16H13N3O4S. The Balaban J connectivity index is 1.70. The highest BCUT2D eigenvalue weighted by molar-refractivity contribution is 7.89. The highest BCUT2D eigenvalue weighted by Gasteiger charge is 2.15. The number of benzene rings is 2. The molecule has 7 nitrogen and oxygen atoms in total. The Kier molecular flexibility index (Phi) is 4.41. The number of aromatic nitrogens is 1. The lowest BCUT2D eigenvalue weighted by Gasteiger charge is -2.10. The molecule has 24 heavy (non-hydrogen) atoms. The zero-order valence-electron chi connectivity index (χ0n) is 12.3. The first kappa shape index (κ1) is 15.9. The number of carbonyl (C=O) groups excluding carboxylic acids is 1. The van der Waals surface area contributed by atoms with E-state index in [1.165, 1.54) is 24.4 Å². The molecule has 0 fully saturated rings. The van der Waals surface area contributed by atoms with Gasteiger partial charge in [0.05, 0.1) is 10.4 Å². The van der Waals surface area contributed by atoms with Crippen LogP contribution in [0.5, 0.6) is 5.75 Å². The molecule has 0 spiro atoms. The van der Waals surface area contributed by atoms with Crippen molar-refractivity contribution in [2.75, 3.05) is 0 Å². The van der Waals surface area contributed by atoms with Gasteiger partial charge >= 0.3 is 6.09 Å². The normalized spacial score (nSPS) is 11.2. The van der Waals surface area contributed by atoms with Gasteiger partial charge in [-0.2, -0.15) is 0 Å². The predicted molar refractivity (Wildman–Crippen MR) is 87.7 cm³/mol. The molecule has 0 saturated carbocycles. The maximum Gasteiger partial charge on any atom is 0.427 e. The van der Waals surface area contributed by atoms with E-state index in [0.29, 0.717) is 10.9 Å². The molecule has 0 atom stereocenters. The van der Waals surface area contributed by atoms with Crippen molar-refractivity contribution in [2.45, 2.75) is 4.90 Å². The van der Waals surface area contributed by atoms with Gasteiger partial charge in [0, 0.05) is 11.6 Å². The first-order chi connectivity index (χ1) is 11.6. The molecule has 0 aliphatic carbocycles. The summed E-state index contributed by atoms with van der Waals surface area (Å²) in [5.41, 5.74) is 2.67. The molecule has 0 radical (unpaired) electrons. The second-order valence-corrected chi connectivity index (χ2v) is 6.44. The number of para-hydroxylation sites is 1. The van der Waals surface area contributed by atoms with Crippen molar-refractivity contribution in [3.63, 3.8) is 0 Å². The Morgan fingerprint density at radius 2 is 1.67 bits per heavy atom. The SMILES string of the molecule is O=C(NNS(=O)(=O)c1ccccc1)Oc1ccnc2ccccc12. The number of pyridine rings is 1. The van der Waals surface area contributed by atoms with E-state index in [0.717, 1.165) is 0 Å². The van der Waals surface area contributed by atoms with Gasteiger partial charge in [0.2, 0.25) is 0 Å². The minimum absolute atomic E-state index is 0.0275. The van der Waals surface area contributed by atoms with Gasteiger partial charge in [-0.1, -0.05) is 30.3 Å². The lowest BCUT2D eigenvalue weighted by atomic mass is 10.2. The largest absolute Gasteiger partial charge is 0.427 e. The number of amides is 1. The van der Waals surface area contributed by atoms with Crippen LogP contribution in [0.1, 0.15) is 0 Å². The molecule has 0 aliphatic heterocycles. The first-order valence-electron chi connectivity index (χ1n) is 6.95. The second kappa shape index (κ2) is 6.65. The average molecular weight is 343 g/mol. The molecule has 0 saturated heterocycles. The molecule has 8 heteroatoms. The van der Waals surface area contributed by atoms with Gasteiger partial charge in [-0.05, 0) is 30.3 Å². The highest BCUT2D eigenvalue weighted by atomic mass is 32.2. The van der Waals surface area contributed by atoms with Gasteiger partial charge in [0.1, 0.15) is 5.75 Å². The Morgan fingerprint density at radius 1 is 0.958 bits per heavy atom. The van der Waals surface area contributed by atoms with Gasteiger partial charge in [0.25, 0.3) is 10.0 Å². The fourth-order valence-electron chi connectivity index (χ4n) is 2.05. The third-order valence-electron chi connectivity index (χ3n) is 3.15. The number of carbonyl (C=O) groups is 1. The van der Waals surface area contributed by atoms with Crippen molar-refractivity contribution < 1.29 is 17.9 Å². The Morgan fingerprint density at radius 3 is 2.46 bits per heavy atom. The van der Waals surface area contributed by atoms with E-state index < -0.39 is 16.1 Å². The van der Waals surface area contributed by atoms with Gasteiger partial charge in [-0.3, -0.25) is 4.98 Å². The van der Waals surface area contributed by atoms with Crippen molar-refractivity contribution in [1.29, 1.82) is 0 Å². The molecule has 3 rings (SSSR count). The minimum atomic E-state index is -3.86.